The minimum atomic E-state index is -0.444. The van der Waals surface area contributed by atoms with Gasteiger partial charge in [-0.2, -0.15) is 0 Å². The fourth-order valence-electron chi connectivity index (χ4n) is 6.79. The van der Waals surface area contributed by atoms with Crippen LogP contribution in [-0.4, -0.2) is 50.3 Å². The van der Waals surface area contributed by atoms with Crippen molar-refractivity contribution in [3.8, 4) is 0 Å². The van der Waals surface area contributed by atoms with Crippen molar-refractivity contribution in [1.29, 1.82) is 0 Å². The largest absolute Gasteiger partial charge is 0.465 e. The molecule has 1 aromatic carbocycles. The van der Waals surface area contributed by atoms with Crippen molar-refractivity contribution in [1.82, 2.24) is 0 Å². The van der Waals surface area contributed by atoms with Gasteiger partial charge < -0.3 is 18.9 Å². The lowest BCUT2D eigenvalue weighted by molar-refractivity contribution is -0.146. The van der Waals surface area contributed by atoms with Gasteiger partial charge >= 0.3 is 23.9 Å². The maximum atomic E-state index is 12.6. The Balaban J connectivity index is 0.00000112. The van der Waals surface area contributed by atoms with Crippen molar-refractivity contribution < 1.29 is 38.1 Å². The van der Waals surface area contributed by atoms with Crippen LogP contribution in [0, 0.1) is 23.7 Å². The first kappa shape index (κ1) is 55.1. The second-order valence-electron chi connectivity index (χ2n) is 16.4. The third-order valence-corrected chi connectivity index (χ3v) is 11.4. The number of ether oxygens (including phenoxy) is 4. The summed E-state index contributed by atoms with van der Waals surface area (Å²) in [4.78, 5) is 48.9. The Hall–Kier alpha value is -2.90. The van der Waals surface area contributed by atoms with E-state index in [1.807, 2.05) is 0 Å². The van der Waals surface area contributed by atoms with Crippen LogP contribution in [-0.2, 0) is 28.5 Å². The molecule has 0 N–H and O–H groups in total. The first-order chi connectivity index (χ1) is 28.1. The molecule has 0 heterocycles. The number of esters is 4. The van der Waals surface area contributed by atoms with Gasteiger partial charge in [0, 0.05) is 12.8 Å². The maximum Gasteiger partial charge on any atom is 0.339 e. The molecule has 0 saturated carbocycles. The zero-order valence-electron chi connectivity index (χ0n) is 38.7. The number of carbonyl (C=O) groups excluding carboxylic acids is 4. The summed E-state index contributed by atoms with van der Waals surface area (Å²) in [7, 11) is 0. The molecule has 8 heteroatoms. The molecule has 0 radical (unpaired) electrons. The molecular formula is C50H88O8. The Kier molecular flexibility index (Phi) is 36.4. The molecule has 0 aliphatic rings. The summed E-state index contributed by atoms with van der Waals surface area (Å²) >= 11 is 0. The molecule has 0 fully saturated rings. The third-order valence-electron chi connectivity index (χ3n) is 11.4. The first-order valence-electron chi connectivity index (χ1n) is 23.9. The van der Waals surface area contributed by atoms with Crippen molar-refractivity contribution >= 4 is 23.9 Å². The van der Waals surface area contributed by atoms with E-state index in [2.05, 4.69) is 55.4 Å². The van der Waals surface area contributed by atoms with Gasteiger partial charge in [-0.3, -0.25) is 9.59 Å². The first-order valence-corrected chi connectivity index (χ1v) is 23.9. The van der Waals surface area contributed by atoms with Crippen LogP contribution in [0.2, 0.25) is 0 Å². The monoisotopic (exact) mass is 817 g/mol. The highest BCUT2D eigenvalue weighted by molar-refractivity contribution is 6.03. The van der Waals surface area contributed by atoms with E-state index in [1.165, 1.54) is 25.7 Å². The van der Waals surface area contributed by atoms with Gasteiger partial charge in [-0.1, -0.05) is 170 Å². The van der Waals surface area contributed by atoms with E-state index in [9.17, 15) is 19.2 Å². The van der Waals surface area contributed by atoms with E-state index in [-0.39, 0.29) is 11.9 Å². The lowest BCUT2D eigenvalue weighted by atomic mass is 10.0. The van der Waals surface area contributed by atoms with Crippen LogP contribution in [0.5, 0.6) is 0 Å². The number of benzene rings is 1. The van der Waals surface area contributed by atoms with Gasteiger partial charge in [-0.15, -0.1) is 0 Å². The molecule has 0 aliphatic heterocycles. The molecule has 0 spiro atoms. The number of unbranched alkanes of at least 4 members (excludes halogenated alkanes) is 9. The second-order valence-corrected chi connectivity index (χ2v) is 16.4. The van der Waals surface area contributed by atoms with E-state index in [0.717, 1.165) is 116 Å². The van der Waals surface area contributed by atoms with Crippen molar-refractivity contribution in [2.75, 3.05) is 26.4 Å². The van der Waals surface area contributed by atoms with Gasteiger partial charge in [0.25, 0.3) is 0 Å². The van der Waals surface area contributed by atoms with Crippen LogP contribution < -0.4 is 0 Å². The fourth-order valence-corrected chi connectivity index (χ4v) is 6.79. The van der Waals surface area contributed by atoms with E-state index in [1.54, 1.807) is 24.3 Å². The van der Waals surface area contributed by atoms with Crippen molar-refractivity contribution in [3.05, 3.63) is 35.4 Å². The third kappa shape index (κ3) is 28.5. The predicted octanol–water partition coefficient (Wildman–Crippen LogP) is 14.1. The minimum absolute atomic E-state index is 0.0444. The zero-order valence-corrected chi connectivity index (χ0v) is 38.7. The van der Waals surface area contributed by atoms with Crippen LogP contribution in [0.4, 0.5) is 0 Å². The average Bonchev–Trinajstić information content (AvgIpc) is 3.24. The number of rotatable bonds is 35. The summed E-state index contributed by atoms with van der Waals surface area (Å²) in [6, 6.07) is 6.77. The molecule has 0 saturated heterocycles. The number of hydrogen-bond acceptors (Lipinski definition) is 8. The van der Waals surface area contributed by atoms with Crippen LogP contribution >= 0.6 is 0 Å². The molecule has 0 aromatic heterocycles. The normalized spacial score (nSPS) is 13.0. The van der Waals surface area contributed by atoms with Gasteiger partial charge in [0.2, 0.25) is 0 Å². The quantitative estimate of drug-likeness (QED) is 0.0379. The van der Waals surface area contributed by atoms with Crippen molar-refractivity contribution in [2.45, 2.75) is 209 Å². The van der Waals surface area contributed by atoms with Gasteiger partial charge in [-0.25, -0.2) is 9.59 Å². The summed E-state index contributed by atoms with van der Waals surface area (Å²) in [6.45, 7) is 19.2. The second kappa shape index (κ2) is 38.3. The van der Waals surface area contributed by atoms with Crippen LogP contribution in [0.3, 0.4) is 0 Å². The lowest BCUT2D eigenvalue weighted by Crippen LogP contribution is -2.19. The molecule has 4 unspecified atom stereocenters. The fraction of sp³-hybridized carbons (Fsp3) is 0.800. The van der Waals surface area contributed by atoms with Gasteiger partial charge in [0.1, 0.15) is 0 Å². The molecule has 0 aliphatic carbocycles. The molecule has 1 aromatic rings. The Morgan fingerprint density at radius 1 is 0.397 bits per heavy atom. The van der Waals surface area contributed by atoms with Crippen LogP contribution in [0.1, 0.15) is 230 Å². The molecule has 336 valence electrons. The van der Waals surface area contributed by atoms with E-state index < -0.39 is 11.9 Å². The van der Waals surface area contributed by atoms with Crippen molar-refractivity contribution in [2.24, 2.45) is 23.7 Å². The van der Waals surface area contributed by atoms with E-state index in [4.69, 9.17) is 18.9 Å². The Labute approximate surface area is 356 Å². The van der Waals surface area contributed by atoms with Crippen LogP contribution in [0.15, 0.2) is 24.3 Å². The molecule has 1 rings (SSSR count). The zero-order chi connectivity index (χ0) is 43.2. The van der Waals surface area contributed by atoms with Gasteiger partial charge in [0.05, 0.1) is 37.6 Å². The molecule has 0 bridgehead atoms. The van der Waals surface area contributed by atoms with Gasteiger partial charge in [-0.05, 0) is 74.3 Å². The summed E-state index contributed by atoms with van der Waals surface area (Å²) in [5.41, 5.74) is 0.582. The molecular weight excluding hydrogens is 729 g/mol. The molecule has 0 amide bonds. The number of carbonyl (C=O) groups is 4. The Morgan fingerprint density at radius 3 is 0.948 bits per heavy atom. The SMILES string of the molecule is CCCCC(CC)COC(=O)CCCCCCCCC(=O)OCC(CC)CCCC.CCCCC(CC)COC(=O)c1ccccc1C(=O)OCC(CC)CCCC. The smallest absolute Gasteiger partial charge is 0.339 e. The predicted molar refractivity (Wildman–Crippen MR) is 239 cm³/mol. The molecule has 58 heavy (non-hydrogen) atoms. The number of hydrogen-bond donors (Lipinski definition) is 0. The summed E-state index contributed by atoms with van der Waals surface area (Å²) in [5, 5.41) is 0. The summed E-state index contributed by atoms with van der Waals surface area (Å²) in [6.07, 6.45) is 25.1. The standard InChI is InChI=1S/C26H50O4.C24H38O4/c1-5-9-17-23(7-3)21-29-25(27)19-15-13-11-12-14-16-20-26(28)30-22-24(8-4)18-10-6-2;1-5-9-13-19(7-3)17-27-23(25)21-15-11-12-16-22(21)24(26)28-18-20(8-4)14-10-6-2/h23-24H,5-22H2,1-4H3;11-12,15-16,19-20H,5-10,13-14,17-18H2,1-4H3. The van der Waals surface area contributed by atoms with Crippen LogP contribution in [0.25, 0.3) is 0 Å². The summed E-state index contributed by atoms with van der Waals surface area (Å²) in [5.74, 6) is 0.795. The lowest BCUT2D eigenvalue weighted by Gasteiger charge is -2.17. The Bertz CT molecular complexity index is 1080. The van der Waals surface area contributed by atoms with Gasteiger partial charge in [0.15, 0.2) is 0 Å². The van der Waals surface area contributed by atoms with E-state index >= 15 is 0 Å². The molecule has 8 nitrogen and oxygen atoms in total. The highest BCUT2D eigenvalue weighted by Crippen LogP contribution is 2.19. The molecule has 4 atom stereocenters. The topological polar surface area (TPSA) is 105 Å². The Morgan fingerprint density at radius 2 is 0.672 bits per heavy atom. The van der Waals surface area contributed by atoms with E-state index in [0.29, 0.717) is 74.1 Å². The summed E-state index contributed by atoms with van der Waals surface area (Å²) < 4.78 is 21.9. The van der Waals surface area contributed by atoms with Crippen molar-refractivity contribution in [3.63, 3.8) is 0 Å². The highest BCUT2D eigenvalue weighted by atomic mass is 16.5. The minimum Gasteiger partial charge on any atom is -0.465 e. The average molecular weight is 817 g/mol. The maximum absolute atomic E-state index is 12.6. The highest BCUT2D eigenvalue weighted by Gasteiger charge is 2.21.